The number of carboxylic acids is 1. The fourth-order valence-corrected chi connectivity index (χ4v) is 0.842. The summed E-state index contributed by atoms with van der Waals surface area (Å²) >= 11 is 0. The number of rotatable bonds is 4. The Morgan fingerprint density at radius 2 is 1.93 bits per heavy atom. The van der Waals surface area contributed by atoms with Gasteiger partial charge in [0, 0.05) is 12.6 Å². The van der Waals surface area contributed by atoms with Gasteiger partial charge in [-0.3, -0.25) is 0 Å². The van der Waals surface area contributed by atoms with Gasteiger partial charge in [0.25, 0.3) is 0 Å². The van der Waals surface area contributed by atoms with Crippen LogP contribution in [0.3, 0.4) is 0 Å². The fourth-order valence-electron chi connectivity index (χ4n) is 0.842. The third-order valence-corrected chi connectivity index (χ3v) is 1.50. The summed E-state index contributed by atoms with van der Waals surface area (Å²) in [6.45, 7) is 5.43. The summed E-state index contributed by atoms with van der Waals surface area (Å²) in [7, 11) is 1.28. The smallest absolute Gasteiger partial charge is 0.334 e. The van der Waals surface area contributed by atoms with E-state index in [1.54, 1.807) is 0 Å². The number of carboxylic acid groups (broad SMARTS) is 1. The summed E-state index contributed by atoms with van der Waals surface area (Å²) in [6.07, 6.45) is -1.02. The molecule has 0 rings (SSSR count). The van der Waals surface area contributed by atoms with Crippen molar-refractivity contribution >= 4 is 12.0 Å². The minimum Gasteiger partial charge on any atom is -0.479 e. The number of nitrogens with one attached hydrogen (secondary N) is 2. The maximum Gasteiger partial charge on any atom is 0.334 e. The Morgan fingerprint density at radius 3 is 2.27 bits per heavy atom. The second-order valence-corrected chi connectivity index (χ2v) is 4.15. The Morgan fingerprint density at radius 1 is 1.40 bits per heavy atom. The number of urea groups is 1. The average molecular weight is 218 g/mol. The number of aliphatic carboxylic acids is 1. The SMILES string of the molecule is COC(CNC(=O)NC(C)(C)C)C(=O)O. The molecule has 88 valence electrons. The lowest BCUT2D eigenvalue weighted by Gasteiger charge is -2.21. The number of methoxy groups -OCH3 is 1. The Hall–Kier alpha value is -1.30. The summed E-state index contributed by atoms with van der Waals surface area (Å²) in [4.78, 5) is 21.8. The molecular weight excluding hydrogens is 200 g/mol. The number of carbonyl (C=O) groups is 2. The van der Waals surface area contributed by atoms with Crippen molar-refractivity contribution in [3.63, 3.8) is 0 Å². The molecule has 0 fully saturated rings. The minimum absolute atomic E-state index is 0.0618. The molecule has 6 heteroatoms. The molecule has 0 saturated carbocycles. The molecule has 0 aliphatic heterocycles. The van der Waals surface area contributed by atoms with Crippen LogP contribution in [0.5, 0.6) is 0 Å². The van der Waals surface area contributed by atoms with Crippen LogP contribution in [0.2, 0.25) is 0 Å². The Kier molecular flexibility index (Phi) is 5.07. The van der Waals surface area contributed by atoms with Gasteiger partial charge < -0.3 is 20.5 Å². The molecule has 0 bridgehead atoms. The summed E-state index contributed by atoms with van der Waals surface area (Å²) in [6, 6.07) is -0.411. The molecule has 1 atom stereocenters. The highest BCUT2D eigenvalue weighted by molar-refractivity contribution is 5.77. The van der Waals surface area contributed by atoms with E-state index in [0.29, 0.717) is 0 Å². The van der Waals surface area contributed by atoms with Gasteiger partial charge in [0.15, 0.2) is 6.10 Å². The van der Waals surface area contributed by atoms with Crippen molar-refractivity contribution in [3.05, 3.63) is 0 Å². The Labute approximate surface area is 89.0 Å². The van der Waals surface area contributed by atoms with Crippen LogP contribution in [-0.4, -0.2) is 42.4 Å². The number of ether oxygens (including phenoxy) is 1. The highest BCUT2D eigenvalue weighted by Crippen LogP contribution is 1.97. The largest absolute Gasteiger partial charge is 0.479 e. The molecule has 2 amide bonds. The molecule has 0 aromatic heterocycles. The van der Waals surface area contributed by atoms with Gasteiger partial charge in [0.05, 0.1) is 6.54 Å². The van der Waals surface area contributed by atoms with Crippen molar-refractivity contribution in [3.8, 4) is 0 Å². The number of amides is 2. The first-order valence-electron chi connectivity index (χ1n) is 4.58. The molecule has 15 heavy (non-hydrogen) atoms. The number of carbonyl (C=O) groups excluding carboxylic acids is 1. The average Bonchev–Trinajstić information content (AvgIpc) is 2.01. The van der Waals surface area contributed by atoms with E-state index < -0.39 is 18.1 Å². The van der Waals surface area contributed by atoms with Crippen LogP contribution in [0.25, 0.3) is 0 Å². The normalized spacial score (nSPS) is 13.1. The fraction of sp³-hybridized carbons (Fsp3) is 0.778. The zero-order valence-corrected chi connectivity index (χ0v) is 9.46. The van der Waals surface area contributed by atoms with Crippen molar-refractivity contribution in [1.29, 1.82) is 0 Å². The molecule has 3 N–H and O–H groups in total. The van der Waals surface area contributed by atoms with Crippen molar-refractivity contribution < 1.29 is 19.4 Å². The summed E-state index contributed by atoms with van der Waals surface area (Å²) in [5, 5.41) is 13.7. The molecule has 1 unspecified atom stereocenters. The van der Waals surface area contributed by atoms with E-state index in [1.165, 1.54) is 7.11 Å². The van der Waals surface area contributed by atoms with Gasteiger partial charge in [0.2, 0.25) is 0 Å². The first-order chi connectivity index (χ1) is 6.76. The van der Waals surface area contributed by atoms with Crippen LogP contribution in [0.15, 0.2) is 0 Å². The van der Waals surface area contributed by atoms with Crippen molar-refractivity contribution in [2.75, 3.05) is 13.7 Å². The summed E-state index contributed by atoms with van der Waals surface area (Å²) in [5.74, 6) is -1.10. The zero-order valence-electron chi connectivity index (χ0n) is 9.46. The van der Waals surface area contributed by atoms with Crippen LogP contribution < -0.4 is 10.6 Å². The van der Waals surface area contributed by atoms with Gasteiger partial charge in [0.1, 0.15) is 0 Å². The van der Waals surface area contributed by atoms with Gasteiger partial charge in [-0.25, -0.2) is 9.59 Å². The van der Waals surface area contributed by atoms with Crippen molar-refractivity contribution in [1.82, 2.24) is 10.6 Å². The predicted molar refractivity (Wildman–Crippen MR) is 54.7 cm³/mol. The standard InChI is InChI=1S/C9H18N2O4/c1-9(2,3)11-8(14)10-5-6(15-4)7(12)13/h6H,5H2,1-4H3,(H,12,13)(H2,10,11,14). The monoisotopic (exact) mass is 218 g/mol. The summed E-state index contributed by atoms with van der Waals surface area (Å²) in [5.41, 5.74) is -0.351. The van der Waals surface area contributed by atoms with Crippen LogP contribution in [0, 0.1) is 0 Å². The van der Waals surface area contributed by atoms with E-state index >= 15 is 0 Å². The zero-order chi connectivity index (χ0) is 12.1. The Bertz CT molecular complexity index is 235. The van der Waals surface area contributed by atoms with Crippen LogP contribution in [0.1, 0.15) is 20.8 Å². The first kappa shape index (κ1) is 13.7. The molecule has 0 aliphatic carbocycles. The van der Waals surface area contributed by atoms with Crippen LogP contribution >= 0.6 is 0 Å². The minimum atomic E-state index is -1.10. The molecule has 0 heterocycles. The lowest BCUT2D eigenvalue weighted by atomic mass is 10.1. The quantitative estimate of drug-likeness (QED) is 0.628. The molecule has 6 nitrogen and oxygen atoms in total. The number of hydrogen-bond acceptors (Lipinski definition) is 3. The molecule has 0 spiro atoms. The highest BCUT2D eigenvalue weighted by atomic mass is 16.5. The van der Waals surface area contributed by atoms with Gasteiger partial charge in [-0.15, -0.1) is 0 Å². The molecule has 0 aromatic rings. The van der Waals surface area contributed by atoms with Crippen molar-refractivity contribution in [2.24, 2.45) is 0 Å². The van der Waals surface area contributed by atoms with Gasteiger partial charge in [-0.2, -0.15) is 0 Å². The van der Waals surface area contributed by atoms with Crippen molar-refractivity contribution in [2.45, 2.75) is 32.4 Å². The third kappa shape index (κ3) is 6.73. The topological polar surface area (TPSA) is 87.7 Å². The molecule has 0 radical (unpaired) electrons. The second-order valence-electron chi connectivity index (χ2n) is 4.15. The van der Waals surface area contributed by atoms with Crippen LogP contribution in [0.4, 0.5) is 4.79 Å². The maximum atomic E-state index is 11.2. The predicted octanol–water partition coefficient (Wildman–Crippen LogP) is 0.184. The molecule has 0 aliphatic rings. The van der Waals surface area contributed by atoms with E-state index in [9.17, 15) is 9.59 Å². The third-order valence-electron chi connectivity index (χ3n) is 1.50. The maximum absolute atomic E-state index is 11.2. The molecule has 0 saturated heterocycles. The lowest BCUT2D eigenvalue weighted by molar-refractivity contribution is -0.147. The highest BCUT2D eigenvalue weighted by Gasteiger charge is 2.18. The first-order valence-corrected chi connectivity index (χ1v) is 4.58. The van der Waals surface area contributed by atoms with E-state index in [2.05, 4.69) is 15.4 Å². The number of hydrogen-bond donors (Lipinski definition) is 3. The molecular formula is C9H18N2O4. The Balaban J connectivity index is 3.94. The molecule has 0 aromatic carbocycles. The van der Waals surface area contributed by atoms with Gasteiger partial charge in [-0.1, -0.05) is 0 Å². The van der Waals surface area contributed by atoms with E-state index in [-0.39, 0.29) is 12.1 Å². The summed E-state index contributed by atoms with van der Waals surface area (Å²) < 4.78 is 4.65. The van der Waals surface area contributed by atoms with E-state index in [1.807, 2.05) is 20.8 Å². The lowest BCUT2D eigenvalue weighted by Crippen LogP contribution is -2.49. The van der Waals surface area contributed by atoms with E-state index in [4.69, 9.17) is 5.11 Å². The van der Waals surface area contributed by atoms with Crippen LogP contribution in [-0.2, 0) is 9.53 Å². The van der Waals surface area contributed by atoms with Gasteiger partial charge >= 0.3 is 12.0 Å². The second kappa shape index (κ2) is 5.55. The van der Waals surface area contributed by atoms with E-state index in [0.717, 1.165) is 0 Å². The van der Waals surface area contributed by atoms with Gasteiger partial charge in [-0.05, 0) is 20.8 Å².